The van der Waals surface area contributed by atoms with E-state index in [1.807, 2.05) is 52.0 Å². The van der Waals surface area contributed by atoms with Crippen LogP contribution in [-0.4, -0.2) is 40.9 Å². The Morgan fingerprint density at radius 1 is 1.44 bits per heavy atom. The van der Waals surface area contributed by atoms with Crippen LogP contribution in [-0.2, 0) is 10.2 Å². The first-order valence-electron chi connectivity index (χ1n) is 10.8. The maximum absolute atomic E-state index is 11.1. The average molecular weight is 439 g/mol. The number of carbonyl (C=O) groups is 1. The van der Waals surface area contributed by atoms with Crippen molar-refractivity contribution in [1.82, 2.24) is 15.8 Å². The van der Waals surface area contributed by atoms with Crippen LogP contribution >= 0.6 is 0 Å². The van der Waals surface area contributed by atoms with Gasteiger partial charge in [0.15, 0.2) is 5.82 Å². The van der Waals surface area contributed by atoms with E-state index in [9.17, 15) is 10.1 Å². The van der Waals surface area contributed by atoms with Crippen LogP contribution in [0.25, 0.3) is 5.57 Å². The van der Waals surface area contributed by atoms with Gasteiger partial charge in [0.25, 0.3) is 0 Å². The lowest BCUT2D eigenvalue weighted by Crippen LogP contribution is -2.38. The molecule has 0 aliphatic carbocycles. The first kappa shape index (κ1) is 25.1. The summed E-state index contributed by atoms with van der Waals surface area (Å²) >= 11 is 0. The number of benzene rings is 1. The van der Waals surface area contributed by atoms with Crippen molar-refractivity contribution in [3.63, 3.8) is 0 Å². The van der Waals surface area contributed by atoms with Crippen molar-refractivity contribution in [1.29, 1.82) is 5.26 Å². The normalized spacial score (nSPS) is 16.6. The van der Waals surface area contributed by atoms with Gasteiger partial charge < -0.3 is 16.2 Å². The highest BCUT2D eigenvalue weighted by atomic mass is 16.4. The van der Waals surface area contributed by atoms with Crippen LogP contribution < -0.4 is 16.5 Å². The number of carboxylic acid groups (broad SMARTS) is 1. The van der Waals surface area contributed by atoms with Gasteiger partial charge in [0.2, 0.25) is 0 Å². The number of aliphatic imine (C=N–C) groups is 1. The fourth-order valence-electron chi connectivity index (χ4n) is 3.44. The van der Waals surface area contributed by atoms with E-state index in [0.717, 1.165) is 28.8 Å². The minimum absolute atomic E-state index is 0.0674. The zero-order valence-corrected chi connectivity index (χ0v) is 19.6. The summed E-state index contributed by atoms with van der Waals surface area (Å²) in [5.74, 6) is 0.192. The lowest BCUT2D eigenvalue weighted by molar-refractivity contribution is -0.139. The van der Waals surface area contributed by atoms with Gasteiger partial charge in [0.1, 0.15) is 11.9 Å². The van der Waals surface area contributed by atoms with Crippen LogP contribution in [0.15, 0.2) is 47.5 Å². The summed E-state index contributed by atoms with van der Waals surface area (Å²) in [6.07, 6.45) is 0.812. The van der Waals surface area contributed by atoms with E-state index in [1.54, 1.807) is 11.9 Å². The third-order valence-corrected chi connectivity index (χ3v) is 5.82. The second kappa shape index (κ2) is 10.4. The van der Waals surface area contributed by atoms with Crippen molar-refractivity contribution in [3.8, 4) is 6.07 Å². The highest BCUT2D eigenvalue weighted by molar-refractivity contribution is 5.87. The standard InChI is InChI=1S/C24H34N6O2/c1-7-18(12-27-16(3)23(31)32)15(2)29-22-21(13-28-30(22)17(4)26)19-8-10-20(11-9-19)24(5,6)14-25/h8-11,16,18,27-28H,4,7,12-13,26H2,1-3,5-6H3,(H,31,32)/b29-15+. The zero-order chi connectivity index (χ0) is 24.1. The van der Waals surface area contributed by atoms with Crippen LogP contribution in [0, 0.1) is 17.2 Å². The molecule has 0 saturated carbocycles. The number of hydrogen-bond acceptors (Lipinski definition) is 7. The molecule has 1 aromatic carbocycles. The van der Waals surface area contributed by atoms with Gasteiger partial charge in [0, 0.05) is 30.3 Å². The first-order valence-corrected chi connectivity index (χ1v) is 10.8. The largest absolute Gasteiger partial charge is 0.480 e. The Kier molecular flexibility index (Phi) is 8.19. The molecule has 172 valence electrons. The second-order valence-electron chi connectivity index (χ2n) is 8.60. The molecular weight excluding hydrogens is 404 g/mol. The Labute approximate surface area is 190 Å². The number of nitrogens with one attached hydrogen (secondary N) is 2. The molecule has 8 nitrogen and oxygen atoms in total. The molecule has 0 fully saturated rings. The van der Waals surface area contributed by atoms with Gasteiger partial charge in [-0.05, 0) is 45.2 Å². The molecule has 1 aliphatic rings. The molecular formula is C24H34N6O2. The predicted octanol–water partition coefficient (Wildman–Crippen LogP) is 2.96. The van der Waals surface area contributed by atoms with Crippen LogP contribution in [0.2, 0.25) is 0 Å². The number of nitriles is 1. The van der Waals surface area contributed by atoms with Crippen molar-refractivity contribution in [2.75, 3.05) is 13.1 Å². The highest BCUT2D eigenvalue weighted by Crippen LogP contribution is 2.30. The minimum Gasteiger partial charge on any atom is -0.480 e. The maximum atomic E-state index is 11.1. The Morgan fingerprint density at radius 3 is 2.56 bits per heavy atom. The van der Waals surface area contributed by atoms with Crippen molar-refractivity contribution >= 4 is 17.3 Å². The van der Waals surface area contributed by atoms with Gasteiger partial charge in [-0.2, -0.15) is 5.26 Å². The van der Waals surface area contributed by atoms with Crippen molar-refractivity contribution in [3.05, 3.63) is 53.6 Å². The van der Waals surface area contributed by atoms with Crippen LogP contribution in [0.1, 0.15) is 52.2 Å². The number of nitrogens with zero attached hydrogens (tertiary/aromatic N) is 3. The molecule has 0 aromatic heterocycles. The molecule has 2 atom stereocenters. The predicted molar refractivity (Wildman–Crippen MR) is 127 cm³/mol. The van der Waals surface area contributed by atoms with Gasteiger partial charge >= 0.3 is 5.97 Å². The van der Waals surface area contributed by atoms with E-state index in [-0.39, 0.29) is 5.92 Å². The third kappa shape index (κ3) is 5.75. The Morgan fingerprint density at radius 2 is 2.06 bits per heavy atom. The molecule has 0 amide bonds. The minimum atomic E-state index is -0.881. The number of aliphatic carboxylic acids is 1. The average Bonchev–Trinajstić information content (AvgIpc) is 3.17. The fourth-order valence-corrected chi connectivity index (χ4v) is 3.44. The van der Waals surface area contributed by atoms with Gasteiger partial charge in [-0.3, -0.25) is 4.79 Å². The summed E-state index contributed by atoms with van der Waals surface area (Å²) in [5, 5.41) is 23.2. The number of hydrogen-bond donors (Lipinski definition) is 4. The van der Waals surface area contributed by atoms with Crippen LogP contribution in [0.5, 0.6) is 0 Å². The smallest absolute Gasteiger partial charge is 0.320 e. The first-order chi connectivity index (χ1) is 15.0. The molecule has 1 aliphatic heterocycles. The highest BCUT2D eigenvalue weighted by Gasteiger charge is 2.26. The number of carboxylic acids is 1. The van der Waals surface area contributed by atoms with Crippen molar-refractivity contribution in [2.24, 2.45) is 16.6 Å². The molecule has 0 bridgehead atoms. The van der Waals surface area contributed by atoms with Gasteiger partial charge in [-0.15, -0.1) is 0 Å². The lowest BCUT2D eigenvalue weighted by atomic mass is 9.85. The van der Waals surface area contributed by atoms with Crippen molar-refractivity contribution in [2.45, 2.75) is 52.5 Å². The summed E-state index contributed by atoms with van der Waals surface area (Å²) in [6, 6.07) is 9.61. The molecule has 0 radical (unpaired) electrons. The summed E-state index contributed by atoms with van der Waals surface area (Å²) in [7, 11) is 0. The SMILES string of the molecule is C=C(N)N1NCC(c2ccc(C(C)(C)C#N)cc2)=C1/N=C(\C)C(CC)CNC(C)C(=O)O. The Bertz CT molecular complexity index is 956. The summed E-state index contributed by atoms with van der Waals surface area (Å²) in [5.41, 5.74) is 12.4. The summed E-state index contributed by atoms with van der Waals surface area (Å²) in [4.78, 5) is 16.0. The van der Waals surface area contributed by atoms with Crippen molar-refractivity contribution < 1.29 is 9.90 Å². The Hall–Kier alpha value is -3.15. The monoisotopic (exact) mass is 438 g/mol. The maximum Gasteiger partial charge on any atom is 0.320 e. The quantitative estimate of drug-likeness (QED) is 0.414. The molecule has 2 unspecified atom stereocenters. The second-order valence-corrected chi connectivity index (χ2v) is 8.60. The molecule has 2 rings (SSSR count). The Balaban J connectivity index is 2.40. The summed E-state index contributed by atoms with van der Waals surface area (Å²) in [6.45, 7) is 14.3. The number of nitrogens with two attached hydrogens (primary N) is 1. The molecule has 32 heavy (non-hydrogen) atoms. The fraction of sp³-hybridized carbons (Fsp3) is 0.458. The lowest BCUT2D eigenvalue weighted by Gasteiger charge is -2.22. The van der Waals surface area contributed by atoms with Crippen LogP contribution in [0.3, 0.4) is 0 Å². The molecule has 8 heteroatoms. The van der Waals surface area contributed by atoms with E-state index in [0.29, 0.717) is 24.7 Å². The number of hydrazine groups is 1. The van der Waals surface area contributed by atoms with Crippen LogP contribution in [0.4, 0.5) is 0 Å². The third-order valence-electron chi connectivity index (χ3n) is 5.82. The van der Waals surface area contributed by atoms with E-state index in [4.69, 9.17) is 15.8 Å². The topological polar surface area (TPSA) is 127 Å². The van der Waals surface area contributed by atoms with E-state index < -0.39 is 17.4 Å². The van der Waals surface area contributed by atoms with Gasteiger partial charge in [-0.25, -0.2) is 15.4 Å². The van der Waals surface area contributed by atoms with E-state index in [1.165, 1.54) is 0 Å². The van der Waals surface area contributed by atoms with E-state index >= 15 is 0 Å². The van der Waals surface area contributed by atoms with Gasteiger partial charge in [-0.1, -0.05) is 37.8 Å². The number of rotatable bonds is 10. The van der Waals surface area contributed by atoms with E-state index in [2.05, 4.69) is 23.4 Å². The molecule has 0 spiro atoms. The molecule has 1 aromatic rings. The summed E-state index contributed by atoms with van der Waals surface area (Å²) < 4.78 is 0. The molecule has 1 heterocycles. The molecule has 5 N–H and O–H groups in total. The molecule has 0 saturated heterocycles. The van der Waals surface area contributed by atoms with Gasteiger partial charge in [0.05, 0.1) is 11.5 Å². The zero-order valence-electron chi connectivity index (χ0n) is 19.6.